The maximum atomic E-state index is 13.7. The highest BCUT2D eigenvalue weighted by molar-refractivity contribution is 8.26. The summed E-state index contributed by atoms with van der Waals surface area (Å²) in [6.45, 7) is 9.67. The van der Waals surface area contributed by atoms with E-state index in [0.717, 1.165) is 56.0 Å². The van der Waals surface area contributed by atoms with E-state index in [1.165, 1.54) is 11.8 Å². The molecule has 4 rings (SSSR count). The first-order valence-corrected chi connectivity index (χ1v) is 13.9. The third-order valence-corrected chi connectivity index (χ3v) is 8.48. The van der Waals surface area contributed by atoms with Crippen LogP contribution in [0.5, 0.6) is 0 Å². The van der Waals surface area contributed by atoms with E-state index in [9.17, 15) is 14.9 Å². The van der Waals surface area contributed by atoms with Crippen molar-refractivity contribution in [1.29, 1.82) is 5.26 Å². The van der Waals surface area contributed by atoms with Crippen LogP contribution >= 0.6 is 24.0 Å². The molecule has 2 saturated heterocycles. The third kappa shape index (κ3) is 5.37. The number of thiocarbonyl (C=S) groups is 1. The molecular formula is C28H33N5O2S2. The number of likely N-dealkylation sites (N-methyl/N-ethyl adjacent to an activating group) is 1. The van der Waals surface area contributed by atoms with Crippen molar-refractivity contribution in [3.8, 4) is 6.07 Å². The Morgan fingerprint density at radius 1 is 1.16 bits per heavy atom. The van der Waals surface area contributed by atoms with Gasteiger partial charge in [-0.25, -0.2) is 0 Å². The van der Waals surface area contributed by atoms with Crippen LogP contribution in [-0.2, 0) is 11.3 Å². The van der Waals surface area contributed by atoms with E-state index in [2.05, 4.69) is 29.8 Å². The molecule has 37 heavy (non-hydrogen) atoms. The number of thioether (sulfide) groups is 1. The molecule has 3 heterocycles. The molecule has 0 radical (unpaired) electrons. The van der Waals surface area contributed by atoms with Crippen molar-refractivity contribution in [3.63, 3.8) is 0 Å². The highest BCUT2D eigenvalue weighted by Gasteiger charge is 2.37. The van der Waals surface area contributed by atoms with Gasteiger partial charge in [0.2, 0.25) is 0 Å². The van der Waals surface area contributed by atoms with Gasteiger partial charge in [0.1, 0.15) is 21.8 Å². The number of rotatable bonds is 7. The van der Waals surface area contributed by atoms with Crippen LogP contribution in [0, 0.1) is 18.3 Å². The number of hydrogen-bond donors (Lipinski definition) is 0. The fourth-order valence-corrected chi connectivity index (χ4v) is 6.25. The molecule has 1 aromatic carbocycles. The van der Waals surface area contributed by atoms with E-state index < -0.39 is 0 Å². The lowest BCUT2D eigenvalue weighted by atomic mass is 10.0. The minimum absolute atomic E-state index is 0.133. The molecule has 2 aromatic rings. The second-order valence-electron chi connectivity index (χ2n) is 9.59. The van der Waals surface area contributed by atoms with Gasteiger partial charge in [0.25, 0.3) is 11.5 Å². The number of carbonyl (C=O) groups is 1. The van der Waals surface area contributed by atoms with Gasteiger partial charge in [-0.2, -0.15) is 5.26 Å². The molecule has 7 nitrogen and oxygen atoms in total. The van der Waals surface area contributed by atoms with Crippen molar-refractivity contribution in [3.05, 3.63) is 67.8 Å². The molecule has 0 aliphatic carbocycles. The molecule has 0 bridgehead atoms. The van der Waals surface area contributed by atoms with Crippen molar-refractivity contribution in [2.24, 2.45) is 0 Å². The van der Waals surface area contributed by atoms with Crippen LogP contribution in [0.4, 0.5) is 5.82 Å². The molecule has 1 amide bonds. The molecular weight excluding hydrogens is 502 g/mol. The molecule has 0 saturated carbocycles. The predicted molar refractivity (Wildman–Crippen MR) is 155 cm³/mol. The number of unbranched alkanes of at least 4 members (excludes halogenated alkanes) is 1. The number of pyridine rings is 1. The summed E-state index contributed by atoms with van der Waals surface area (Å²) < 4.78 is 2.26. The van der Waals surface area contributed by atoms with Crippen molar-refractivity contribution in [2.45, 2.75) is 46.2 Å². The molecule has 1 atom stereocenters. The number of nitriles is 1. The molecule has 2 aliphatic heterocycles. The van der Waals surface area contributed by atoms with Crippen molar-refractivity contribution < 1.29 is 4.79 Å². The fraction of sp³-hybridized carbons (Fsp3) is 0.429. The topological polar surface area (TPSA) is 72.6 Å². The van der Waals surface area contributed by atoms with Gasteiger partial charge in [0.05, 0.1) is 10.9 Å². The maximum Gasteiger partial charge on any atom is 0.270 e. The second kappa shape index (κ2) is 11.6. The number of benzene rings is 1. The van der Waals surface area contributed by atoms with Crippen LogP contribution in [-0.4, -0.2) is 57.8 Å². The van der Waals surface area contributed by atoms with Gasteiger partial charge < -0.3 is 9.80 Å². The third-order valence-electron chi connectivity index (χ3n) is 7.15. The van der Waals surface area contributed by atoms with Crippen LogP contribution in [0.15, 0.2) is 40.0 Å². The van der Waals surface area contributed by atoms with Gasteiger partial charge >= 0.3 is 0 Å². The second-order valence-corrected chi connectivity index (χ2v) is 11.3. The van der Waals surface area contributed by atoms with Crippen molar-refractivity contribution in [2.75, 3.05) is 38.1 Å². The highest BCUT2D eigenvalue weighted by atomic mass is 32.2. The zero-order valence-corrected chi connectivity index (χ0v) is 23.5. The molecule has 194 valence electrons. The largest absolute Gasteiger partial charge is 0.355 e. The number of nitrogens with zero attached hydrogens (tertiary/aromatic N) is 5. The average molecular weight is 536 g/mol. The SMILES string of the molecule is CCCCn1c(N2CCN(C)CC2)c(/C=C2/SC(=S)N(C(C)c3ccccc3)C2=O)c(C)c(C#N)c1=O. The highest BCUT2D eigenvalue weighted by Crippen LogP contribution is 2.39. The smallest absolute Gasteiger partial charge is 0.270 e. The summed E-state index contributed by atoms with van der Waals surface area (Å²) in [7, 11) is 2.09. The Kier molecular flexibility index (Phi) is 8.53. The Balaban J connectivity index is 1.84. The van der Waals surface area contributed by atoms with Crippen molar-refractivity contribution in [1.82, 2.24) is 14.4 Å². The predicted octanol–water partition coefficient (Wildman–Crippen LogP) is 4.54. The first kappa shape index (κ1) is 27.1. The van der Waals surface area contributed by atoms with E-state index in [4.69, 9.17) is 12.2 Å². The number of hydrogen-bond acceptors (Lipinski definition) is 7. The summed E-state index contributed by atoms with van der Waals surface area (Å²) in [5.41, 5.74) is 2.24. The molecule has 2 fully saturated rings. The molecule has 1 aromatic heterocycles. The summed E-state index contributed by atoms with van der Waals surface area (Å²) in [5, 5.41) is 9.90. The Hall–Kier alpha value is -2.93. The maximum absolute atomic E-state index is 13.7. The summed E-state index contributed by atoms with van der Waals surface area (Å²) in [5.74, 6) is 0.643. The van der Waals surface area contributed by atoms with Crippen molar-refractivity contribution >= 4 is 46.1 Å². The molecule has 0 spiro atoms. The Morgan fingerprint density at radius 3 is 2.46 bits per heavy atom. The number of aromatic nitrogens is 1. The van der Waals surface area contributed by atoms with Gasteiger partial charge in [-0.05, 0) is 44.5 Å². The first-order valence-electron chi connectivity index (χ1n) is 12.7. The lowest BCUT2D eigenvalue weighted by Crippen LogP contribution is -2.47. The van der Waals surface area contributed by atoms with E-state index in [1.807, 2.05) is 50.3 Å². The number of amides is 1. The Morgan fingerprint density at radius 2 is 1.84 bits per heavy atom. The summed E-state index contributed by atoms with van der Waals surface area (Å²) in [4.78, 5) is 33.7. The molecule has 2 aliphatic rings. The lowest BCUT2D eigenvalue weighted by Gasteiger charge is -2.36. The fourth-order valence-electron chi connectivity index (χ4n) is 4.85. The lowest BCUT2D eigenvalue weighted by molar-refractivity contribution is -0.123. The van der Waals surface area contributed by atoms with Crippen LogP contribution in [0.25, 0.3) is 6.08 Å². The Bertz CT molecular complexity index is 1320. The zero-order chi connectivity index (χ0) is 26.7. The van der Waals surface area contributed by atoms with E-state index in [0.29, 0.717) is 21.3 Å². The quantitative estimate of drug-likeness (QED) is 0.381. The minimum atomic E-state index is -0.259. The van der Waals surface area contributed by atoms with E-state index in [-0.39, 0.29) is 23.1 Å². The van der Waals surface area contributed by atoms with Crippen LogP contribution in [0.1, 0.15) is 55.0 Å². The summed E-state index contributed by atoms with van der Waals surface area (Å²) in [6, 6.07) is 11.8. The monoisotopic (exact) mass is 535 g/mol. The minimum Gasteiger partial charge on any atom is -0.355 e. The van der Waals surface area contributed by atoms with Gasteiger partial charge in [-0.1, -0.05) is 67.7 Å². The summed E-state index contributed by atoms with van der Waals surface area (Å²) >= 11 is 6.92. The summed E-state index contributed by atoms with van der Waals surface area (Å²) in [6.07, 6.45) is 3.60. The normalized spacial score (nSPS) is 18.5. The average Bonchev–Trinajstić information content (AvgIpc) is 3.18. The number of anilines is 1. The van der Waals surface area contributed by atoms with E-state index in [1.54, 1.807) is 9.47 Å². The van der Waals surface area contributed by atoms with Crippen LogP contribution in [0.3, 0.4) is 0 Å². The van der Waals surface area contributed by atoms with Gasteiger partial charge in [-0.3, -0.25) is 19.1 Å². The molecule has 0 N–H and O–H groups in total. The van der Waals surface area contributed by atoms with Gasteiger partial charge in [-0.15, -0.1) is 0 Å². The number of carbonyl (C=O) groups excluding carboxylic acids is 1. The van der Waals surface area contributed by atoms with Gasteiger partial charge in [0.15, 0.2) is 0 Å². The van der Waals surface area contributed by atoms with E-state index >= 15 is 0 Å². The van der Waals surface area contributed by atoms with Crippen LogP contribution < -0.4 is 10.5 Å². The molecule has 9 heteroatoms. The van der Waals surface area contributed by atoms with Crippen LogP contribution in [0.2, 0.25) is 0 Å². The Labute approximate surface area is 228 Å². The first-order chi connectivity index (χ1) is 17.8. The van der Waals surface area contributed by atoms with Gasteiger partial charge in [0, 0.05) is 38.3 Å². The standard InChI is InChI=1S/C28H33N5O2S2/c1-5-6-12-32-25(31-15-13-30(4)14-16-31)22(19(2)23(18-29)26(32)34)17-24-27(35)33(28(36)37-24)20(3)21-10-8-7-9-11-21/h7-11,17,20H,5-6,12-16H2,1-4H3/b24-17+. The molecule has 1 unspecified atom stereocenters. The zero-order valence-electron chi connectivity index (χ0n) is 21.9. The number of piperazine rings is 1.